The fraction of sp³-hybridized carbons (Fsp3) is 0.281. The van der Waals surface area contributed by atoms with E-state index in [0.29, 0.717) is 16.9 Å². The summed E-state index contributed by atoms with van der Waals surface area (Å²) >= 11 is 0. The van der Waals surface area contributed by atoms with E-state index in [9.17, 15) is 4.79 Å². The van der Waals surface area contributed by atoms with Crippen LogP contribution in [0.1, 0.15) is 53.4 Å². The fourth-order valence-corrected chi connectivity index (χ4v) is 5.27. The summed E-state index contributed by atoms with van der Waals surface area (Å²) in [6.45, 7) is 6.28. The lowest BCUT2D eigenvalue weighted by Crippen LogP contribution is -2.40. The molecule has 3 heterocycles. The van der Waals surface area contributed by atoms with Gasteiger partial charge in [0.1, 0.15) is 23.3 Å². The molecule has 0 radical (unpaired) electrons. The summed E-state index contributed by atoms with van der Waals surface area (Å²) in [7, 11) is 0. The van der Waals surface area contributed by atoms with Crippen LogP contribution in [0.2, 0.25) is 0 Å². The zero-order valence-electron chi connectivity index (χ0n) is 21.3. The van der Waals surface area contributed by atoms with Gasteiger partial charge in [-0.15, -0.1) is 0 Å². The van der Waals surface area contributed by atoms with Gasteiger partial charge in [0.25, 0.3) is 0 Å². The van der Waals surface area contributed by atoms with Gasteiger partial charge in [0.2, 0.25) is 5.78 Å². The van der Waals surface area contributed by atoms with Crippen LogP contribution in [0.5, 0.6) is 11.5 Å². The smallest absolute Gasteiger partial charge is 0.228 e. The Bertz CT molecular complexity index is 1460. The van der Waals surface area contributed by atoms with Crippen molar-refractivity contribution in [1.29, 1.82) is 0 Å². The van der Waals surface area contributed by atoms with Gasteiger partial charge in [0.15, 0.2) is 5.76 Å². The van der Waals surface area contributed by atoms with Gasteiger partial charge in [-0.25, -0.2) is 0 Å². The minimum absolute atomic E-state index is 0.0270. The van der Waals surface area contributed by atoms with Crippen molar-refractivity contribution in [2.24, 2.45) is 0 Å². The Balaban J connectivity index is 1.38. The van der Waals surface area contributed by atoms with E-state index < -0.39 is 0 Å². The van der Waals surface area contributed by atoms with E-state index in [1.807, 2.05) is 67.6 Å². The van der Waals surface area contributed by atoms with Crippen molar-refractivity contribution in [3.05, 3.63) is 95.5 Å². The largest absolute Gasteiger partial charge is 0.475 e. The lowest BCUT2D eigenvalue weighted by atomic mass is 9.96. The Morgan fingerprint density at radius 2 is 1.73 bits per heavy atom. The van der Waals surface area contributed by atoms with Crippen LogP contribution in [-0.4, -0.2) is 30.0 Å². The molecule has 37 heavy (non-hydrogen) atoms. The summed E-state index contributed by atoms with van der Waals surface area (Å²) in [5.41, 5.74) is 5.13. The molecule has 1 fully saturated rings. The maximum atomic E-state index is 13.7. The number of piperidine rings is 1. The van der Waals surface area contributed by atoms with Crippen molar-refractivity contribution in [1.82, 2.24) is 4.90 Å². The third kappa shape index (κ3) is 4.67. The second kappa shape index (κ2) is 9.91. The second-order valence-corrected chi connectivity index (χ2v) is 9.99. The number of aryl methyl sites for hydroxylation is 1. The molecule has 2 aliphatic rings. The first-order valence-corrected chi connectivity index (χ1v) is 13.1. The number of ether oxygens (including phenoxy) is 2. The topological polar surface area (TPSA) is 51.9 Å². The number of carbonyl (C=O) groups excluding carboxylic acids is 1. The molecule has 0 aliphatic carbocycles. The van der Waals surface area contributed by atoms with Gasteiger partial charge in [-0.1, -0.05) is 48.4 Å². The summed E-state index contributed by atoms with van der Waals surface area (Å²) < 4.78 is 18.2. The third-order valence-corrected chi connectivity index (χ3v) is 7.37. The van der Waals surface area contributed by atoms with E-state index in [2.05, 4.69) is 17.9 Å². The SMILES string of the molecule is Cc1ccc(C(=O)c2oc3cc4c(cc3c2-c2ccc(OC(C)N3CCCCC3)cc2)CC=CO4)cc1. The Labute approximate surface area is 217 Å². The first-order valence-electron chi connectivity index (χ1n) is 13.1. The Kier molecular flexibility index (Phi) is 6.31. The fourth-order valence-electron chi connectivity index (χ4n) is 5.27. The maximum absolute atomic E-state index is 13.7. The highest BCUT2D eigenvalue weighted by Gasteiger charge is 2.25. The average molecular weight is 494 g/mol. The zero-order chi connectivity index (χ0) is 25.4. The Hall–Kier alpha value is -3.83. The van der Waals surface area contributed by atoms with Gasteiger partial charge in [-0.2, -0.15) is 0 Å². The normalized spacial score (nSPS) is 16.3. The predicted molar refractivity (Wildman–Crippen MR) is 145 cm³/mol. The number of hydrogen-bond acceptors (Lipinski definition) is 5. The van der Waals surface area contributed by atoms with E-state index in [4.69, 9.17) is 13.9 Å². The summed E-state index contributed by atoms with van der Waals surface area (Å²) in [6, 6.07) is 19.6. The molecule has 0 N–H and O–H groups in total. The number of allylic oxidation sites excluding steroid dienone is 1. The molecule has 6 rings (SSSR count). The molecule has 0 amide bonds. The highest BCUT2D eigenvalue weighted by molar-refractivity contribution is 6.16. The molecule has 1 unspecified atom stereocenters. The summed E-state index contributed by atoms with van der Waals surface area (Å²) in [5, 5.41) is 0.906. The first-order chi connectivity index (χ1) is 18.1. The average Bonchev–Trinajstić information content (AvgIpc) is 3.31. The molecule has 0 saturated carbocycles. The molecule has 1 aromatic heterocycles. The minimum Gasteiger partial charge on any atom is -0.475 e. The van der Waals surface area contributed by atoms with Gasteiger partial charge in [0.05, 0.1) is 6.26 Å². The molecule has 3 aromatic carbocycles. The molecular weight excluding hydrogens is 462 g/mol. The van der Waals surface area contributed by atoms with Crippen LogP contribution in [0.25, 0.3) is 22.1 Å². The monoisotopic (exact) mass is 493 g/mol. The third-order valence-electron chi connectivity index (χ3n) is 7.37. The van der Waals surface area contributed by atoms with Crippen LogP contribution in [0.3, 0.4) is 0 Å². The van der Waals surface area contributed by atoms with E-state index >= 15 is 0 Å². The number of fused-ring (bicyclic) bond motifs is 2. The van der Waals surface area contributed by atoms with E-state index in [1.165, 1.54) is 19.3 Å². The predicted octanol–water partition coefficient (Wildman–Crippen LogP) is 7.30. The number of likely N-dealkylation sites (tertiary alicyclic amines) is 1. The molecule has 5 heteroatoms. The van der Waals surface area contributed by atoms with Crippen LogP contribution >= 0.6 is 0 Å². The van der Waals surface area contributed by atoms with Crippen LogP contribution < -0.4 is 9.47 Å². The molecular formula is C32H31NO4. The van der Waals surface area contributed by atoms with Gasteiger partial charge >= 0.3 is 0 Å². The Morgan fingerprint density at radius 3 is 2.49 bits per heavy atom. The number of benzene rings is 3. The van der Waals surface area contributed by atoms with Crippen molar-refractivity contribution in [2.45, 2.75) is 45.8 Å². The van der Waals surface area contributed by atoms with Crippen molar-refractivity contribution in [3.63, 3.8) is 0 Å². The molecule has 0 bridgehead atoms. The van der Waals surface area contributed by atoms with Gasteiger partial charge in [-0.3, -0.25) is 9.69 Å². The maximum Gasteiger partial charge on any atom is 0.228 e. The molecule has 2 aliphatic heterocycles. The number of nitrogens with zero attached hydrogens (tertiary/aromatic N) is 1. The van der Waals surface area contributed by atoms with Crippen LogP contribution in [0.15, 0.2) is 77.4 Å². The van der Waals surface area contributed by atoms with Crippen LogP contribution in [0, 0.1) is 6.92 Å². The Morgan fingerprint density at radius 1 is 0.973 bits per heavy atom. The van der Waals surface area contributed by atoms with E-state index in [-0.39, 0.29) is 12.0 Å². The molecule has 1 atom stereocenters. The first kappa shape index (κ1) is 23.6. The summed E-state index contributed by atoms with van der Waals surface area (Å²) in [4.78, 5) is 16.1. The minimum atomic E-state index is -0.137. The van der Waals surface area contributed by atoms with Gasteiger partial charge in [0, 0.05) is 35.7 Å². The standard InChI is InChI=1S/C32H31NO4/c1-21-8-10-24(11-9-21)31(34)32-30(27-19-25-7-6-18-35-28(25)20-29(27)37-32)23-12-14-26(15-13-23)36-22(2)33-16-4-3-5-17-33/h6,8-15,18-20,22H,3-5,7,16-17H2,1-2H3. The number of hydrogen-bond donors (Lipinski definition) is 0. The molecule has 188 valence electrons. The zero-order valence-corrected chi connectivity index (χ0v) is 21.3. The number of furan rings is 1. The van der Waals surface area contributed by atoms with Crippen LogP contribution in [-0.2, 0) is 6.42 Å². The molecule has 5 nitrogen and oxygen atoms in total. The lowest BCUT2D eigenvalue weighted by Gasteiger charge is -2.32. The summed E-state index contributed by atoms with van der Waals surface area (Å²) in [5.74, 6) is 1.78. The summed E-state index contributed by atoms with van der Waals surface area (Å²) in [6.07, 6.45) is 8.23. The van der Waals surface area contributed by atoms with Gasteiger partial charge < -0.3 is 13.9 Å². The lowest BCUT2D eigenvalue weighted by molar-refractivity contribution is 0.0262. The molecule has 0 spiro atoms. The van der Waals surface area contributed by atoms with Crippen molar-refractivity contribution in [2.75, 3.05) is 13.1 Å². The molecule has 4 aromatic rings. The highest BCUT2D eigenvalue weighted by Crippen LogP contribution is 2.40. The number of carbonyl (C=O) groups is 1. The molecule has 1 saturated heterocycles. The second-order valence-electron chi connectivity index (χ2n) is 9.99. The highest BCUT2D eigenvalue weighted by atomic mass is 16.5. The van der Waals surface area contributed by atoms with Crippen molar-refractivity contribution >= 4 is 16.8 Å². The number of rotatable bonds is 6. The van der Waals surface area contributed by atoms with Gasteiger partial charge in [-0.05, 0) is 68.5 Å². The van der Waals surface area contributed by atoms with E-state index in [1.54, 1.807) is 6.26 Å². The quantitative estimate of drug-likeness (QED) is 0.264. The van der Waals surface area contributed by atoms with Crippen molar-refractivity contribution < 1.29 is 18.7 Å². The van der Waals surface area contributed by atoms with Crippen molar-refractivity contribution in [3.8, 4) is 22.6 Å². The van der Waals surface area contributed by atoms with E-state index in [0.717, 1.165) is 58.6 Å². The van der Waals surface area contributed by atoms with Crippen LogP contribution in [0.4, 0.5) is 0 Å². The number of ketones is 1.